The van der Waals surface area contributed by atoms with Crippen molar-refractivity contribution in [3.8, 4) is 0 Å². The molecule has 3 rings (SSSR count). The number of hydrogen-bond acceptors (Lipinski definition) is 3. The molecule has 0 aliphatic rings. The third-order valence-electron chi connectivity index (χ3n) is 4.80. The molecule has 2 amide bonds. The van der Waals surface area contributed by atoms with E-state index in [0.29, 0.717) is 10.9 Å². The van der Waals surface area contributed by atoms with E-state index < -0.39 is 21.0 Å². The number of primary amides is 2. The van der Waals surface area contributed by atoms with E-state index in [1.54, 1.807) is 0 Å². The van der Waals surface area contributed by atoms with Crippen LogP contribution in [0.15, 0.2) is 64.6 Å². The van der Waals surface area contributed by atoms with Gasteiger partial charge in [-0.2, -0.15) is 4.98 Å². The first-order valence-electron chi connectivity index (χ1n) is 8.27. The first-order valence-corrected chi connectivity index (χ1v) is 11.1. The van der Waals surface area contributed by atoms with Crippen molar-refractivity contribution < 1.29 is 33.6 Å². The van der Waals surface area contributed by atoms with Gasteiger partial charge in [-0.3, -0.25) is 9.59 Å². The Morgan fingerprint density at radius 2 is 1.63 bits per heavy atom. The minimum atomic E-state index is -2.88. The van der Waals surface area contributed by atoms with E-state index in [0.717, 1.165) is 15.9 Å². The number of para-hydroxylation sites is 2. The fraction of sp³-hybridized carbons (Fsp3) is 0.211. The van der Waals surface area contributed by atoms with E-state index in [1.165, 1.54) is 0 Å². The second kappa shape index (κ2) is 7.89. The number of fused-ring (bicyclic) bond motifs is 1. The van der Waals surface area contributed by atoms with Crippen molar-refractivity contribution in [1.82, 2.24) is 9.97 Å². The normalized spacial score (nSPS) is 12.7. The monoisotopic (exact) mass is 498 g/mol. The van der Waals surface area contributed by atoms with Crippen LogP contribution < -0.4 is 35.4 Å². The maximum absolute atomic E-state index is 12.1. The molecule has 2 aromatic carbocycles. The Balaban J connectivity index is 0.00000261. The quantitative estimate of drug-likeness (QED) is 0.277. The van der Waals surface area contributed by atoms with Crippen LogP contribution in [0.3, 0.4) is 0 Å². The zero-order valence-corrected chi connectivity index (χ0v) is 18.0. The molecule has 0 unspecified atom stereocenters. The summed E-state index contributed by atoms with van der Waals surface area (Å²) in [7, 11) is -2.88. The fourth-order valence-electron chi connectivity index (χ4n) is 3.34. The lowest BCUT2D eigenvalue weighted by Gasteiger charge is -2.48. The molecule has 0 radical (unpaired) electrons. The van der Waals surface area contributed by atoms with Crippen LogP contribution in [0, 0.1) is 0 Å². The summed E-state index contributed by atoms with van der Waals surface area (Å²) in [5.41, 5.74) is 12.8. The molecule has 6 nitrogen and oxygen atoms in total. The zero-order chi connectivity index (χ0) is 18.8. The van der Waals surface area contributed by atoms with Crippen LogP contribution in [0.5, 0.6) is 0 Å². The number of amides is 2. The van der Waals surface area contributed by atoms with E-state index in [-0.39, 0.29) is 36.2 Å². The van der Waals surface area contributed by atoms with Crippen molar-refractivity contribution >= 4 is 32.0 Å². The molecule has 0 spiro atoms. The number of aromatic amines is 1. The first-order chi connectivity index (χ1) is 12.3. The summed E-state index contributed by atoms with van der Waals surface area (Å²) in [4.78, 5) is 32.9. The van der Waals surface area contributed by atoms with Crippen molar-refractivity contribution in [2.24, 2.45) is 11.5 Å². The highest BCUT2D eigenvalue weighted by molar-refractivity contribution is 8.30. The standard InChI is InChI=1S/C19H22N4O2S.HI/c1-26(13-18(21)25,12-11-17(20)24,14-7-3-2-4-8-14)19-22-15-9-5-6-10-16(15)23-19;/h2-10H,11-13H2,1H3,(H4-,20,21,22,23,24,25);1H. The van der Waals surface area contributed by atoms with E-state index in [1.807, 2.05) is 60.9 Å². The maximum atomic E-state index is 12.1. The minimum absolute atomic E-state index is 0. The van der Waals surface area contributed by atoms with Gasteiger partial charge in [0, 0.05) is 6.26 Å². The summed E-state index contributed by atoms with van der Waals surface area (Å²) in [5.74, 6) is -0.317. The summed E-state index contributed by atoms with van der Waals surface area (Å²) < 4.78 is 0. The second-order valence-electron chi connectivity index (χ2n) is 6.77. The number of nitrogens with two attached hydrogens (primary N) is 2. The van der Waals surface area contributed by atoms with Gasteiger partial charge in [0.2, 0.25) is 5.91 Å². The first kappa shape index (κ1) is 21.2. The average molecular weight is 498 g/mol. The number of carbonyl (C=O) groups is 2. The molecule has 0 saturated heterocycles. The molecule has 0 fully saturated rings. The molecule has 0 aliphatic heterocycles. The Morgan fingerprint density at radius 3 is 2.22 bits per heavy atom. The molecule has 0 aliphatic carbocycles. The predicted octanol–water partition coefficient (Wildman–Crippen LogP) is -1.33. The van der Waals surface area contributed by atoms with Gasteiger partial charge in [-0.15, -0.1) is 9.16 Å². The lowest BCUT2D eigenvalue weighted by atomic mass is 10.3. The lowest BCUT2D eigenvalue weighted by molar-refractivity contribution is -0.118. The maximum Gasteiger partial charge on any atom is 0.260 e. The van der Waals surface area contributed by atoms with Crippen LogP contribution in [-0.4, -0.2) is 39.5 Å². The van der Waals surface area contributed by atoms with Crippen LogP contribution in [0.1, 0.15) is 6.42 Å². The highest BCUT2D eigenvalue weighted by Gasteiger charge is 2.51. The Hall–Kier alpha value is -2.07. The van der Waals surface area contributed by atoms with Crippen molar-refractivity contribution in [3.63, 3.8) is 0 Å². The van der Waals surface area contributed by atoms with Crippen LogP contribution in [0.2, 0.25) is 0 Å². The highest BCUT2D eigenvalue weighted by Crippen LogP contribution is 2.50. The van der Waals surface area contributed by atoms with Crippen molar-refractivity contribution in [3.05, 3.63) is 54.6 Å². The van der Waals surface area contributed by atoms with Crippen LogP contribution in [0.4, 0.5) is 0 Å². The number of benzene rings is 2. The second-order valence-corrected chi connectivity index (χ2v) is 12.1. The molecule has 8 heteroatoms. The topological polar surface area (TPSA) is 115 Å². The summed E-state index contributed by atoms with van der Waals surface area (Å²) in [6.07, 6.45) is 2.18. The van der Waals surface area contributed by atoms with Gasteiger partial charge in [0.25, 0.3) is 11.1 Å². The number of H-pyrrole nitrogens is 1. The van der Waals surface area contributed by atoms with Crippen LogP contribution in [-0.2, 0) is 18.8 Å². The molecule has 1 aromatic heterocycles. The molecular weight excluding hydrogens is 475 g/mol. The average Bonchev–Trinajstić information content (AvgIpc) is 3.06. The SMILES string of the molecule is C[S+](CCC(N)=O)(CC(N)=O)(c1ccccc1)c1nc2ccccc2[nH]1.[I-]. The van der Waals surface area contributed by atoms with Gasteiger partial charge in [0.05, 0.1) is 28.1 Å². The molecule has 1 heterocycles. The van der Waals surface area contributed by atoms with Gasteiger partial charge in [-0.05, 0) is 24.3 Å². The number of carbonyl (C=O) groups excluding carboxylic acids is 2. The summed E-state index contributed by atoms with van der Waals surface area (Å²) in [5, 5.41) is 0.703. The number of aromatic nitrogens is 2. The largest absolute Gasteiger partial charge is 1.00 e. The number of nitrogens with zero attached hydrogens (tertiary/aromatic N) is 1. The summed E-state index contributed by atoms with van der Waals surface area (Å²) >= 11 is 0. The number of halogens is 1. The van der Waals surface area contributed by atoms with Gasteiger partial charge in [0.1, 0.15) is 5.75 Å². The van der Waals surface area contributed by atoms with Crippen LogP contribution >= 0.6 is 0 Å². The molecule has 0 atom stereocenters. The third kappa shape index (κ3) is 3.96. The van der Waals surface area contributed by atoms with Crippen molar-refractivity contribution in [1.29, 1.82) is 0 Å². The Bertz CT molecular complexity index is 945. The highest BCUT2D eigenvalue weighted by atomic mass is 127. The van der Waals surface area contributed by atoms with Crippen molar-refractivity contribution in [2.75, 3.05) is 17.8 Å². The fourth-order valence-corrected chi connectivity index (χ4v) is 7.69. The molecule has 0 bridgehead atoms. The summed E-state index contributed by atoms with van der Waals surface area (Å²) in [6.45, 7) is 0. The number of hydrogen-bond donors (Lipinski definition) is 3. The van der Waals surface area contributed by atoms with Crippen LogP contribution in [0.25, 0.3) is 11.0 Å². The molecule has 0 saturated carbocycles. The smallest absolute Gasteiger partial charge is 0.260 e. The van der Waals surface area contributed by atoms with E-state index >= 15 is 0 Å². The lowest BCUT2D eigenvalue weighted by Crippen LogP contribution is -3.00. The number of rotatable bonds is 7. The Labute approximate surface area is 175 Å². The predicted molar refractivity (Wildman–Crippen MR) is 105 cm³/mol. The van der Waals surface area contributed by atoms with Gasteiger partial charge < -0.3 is 40.4 Å². The number of nitrogens with one attached hydrogen (secondary N) is 1. The van der Waals surface area contributed by atoms with Gasteiger partial charge in [-0.25, -0.2) is 0 Å². The molecule has 5 N–H and O–H groups in total. The molecule has 27 heavy (non-hydrogen) atoms. The zero-order valence-electron chi connectivity index (χ0n) is 15.0. The van der Waals surface area contributed by atoms with Gasteiger partial charge >= 0.3 is 0 Å². The minimum Gasteiger partial charge on any atom is -1.00 e. The third-order valence-corrected chi connectivity index (χ3v) is 10.1. The van der Waals surface area contributed by atoms with E-state index in [9.17, 15) is 9.59 Å². The molecule has 144 valence electrons. The molecule has 3 aromatic rings. The Kier molecular flexibility index (Phi) is 6.21. The Morgan fingerprint density at radius 1 is 1.00 bits per heavy atom. The van der Waals surface area contributed by atoms with E-state index in [4.69, 9.17) is 16.5 Å². The van der Waals surface area contributed by atoms with Crippen molar-refractivity contribution in [2.45, 2.75) is 16.5 Å². The van der Waals surface area contributed by atoms with E-state index in [2.05, 4.69) is 4.98 Å². The summed E-state index contributed by atoms with van der Waals surface area (Å²) in [6, 6.07) is 17.4. The van der Waals surface area contributed by atoms with Gasteiger partial charge in [-0.1, -0.05) is 30.3 Å². The molecular formula is C19H23IN4O2S. The van der Waals surface area contributed by atoms with Gasteiger partial charge in [0.15, 0.2) is 0 Å². The number of imidazole rings is 1.